The Morgan fingerprint density at radius 3 is 2.10 bits per heavy atom. The molecule has 0 heterocycles. The van der Waals surface area contributed by atoms with E-state index in [0.717, 1.165) is 4.90 Å². The number of hydrogen-bond acceptors (Lipinski definition) is 6. The van der Waals surface area contributed by atoms with Crippen molar-refractivity contribution < 1.29 is 23.9 Å². The molecule has 4 aromatic carbocycles. The van der Waals surface area contributed by atoms with Gasteiger partial charge >= 0.3 is 0 Å². The van der Waals surface area contributed by atoms with E-state index in [4.69, 9.17) is 4.74 Å². The molecule has 0 aromatic heterocycles. The van der Waals surface area contributed by atoms with E-state index in [2.05, 4.69) is 16.0 Å². The van der Waals surface area contributed by atoms with Crippen LogP contribution in [0, 0.1) is 0 Å². The van der Waals surface area contributed by atoms with Gasteiger partial charge in [0.1, 0.15) is 11.4 Å². The van der Waals surface area contributed by atoms with Gasteiger partial charge in [-0.2, -0.15) is 0 Å². The molecule has 0 bridgehead atoms. The number of carbonyl (C=O) groups excluding carboxylic acids is 4. The van der Waals surface area contributed by atoms with Gasteiger partial charge in [0.25, 0.3) is 11.8 Å². The summed E-state index contributed by atoms with van der Waals surface area (Å²) in [4.78, 5) is 50.7. The van der Waals surface area contributed by atoms with Crippen LogP contribution >= 0.6 is 11.8 Å². The number of carbonyl (C=O) groups is 4. The van der Waals surface area contributed by atoms with Gasteiger partial charge in [-0.3, -0.25) is 19.2 Å². The van der Waals surface area contributed by atoms with Crippen molar-refractivity contribution in [3.8, 4) is 5.75 Å². The van der Waals surface area contributed by atoms with Gasteiger partial charge in [0.15, 0.2) is 5.78 Å². The molecular formula is C33H29N3O5S. The van der Waals surface area contributed by atoms with Crippen molar-refractivity contribution in [1.29, 1.82) is 0 Å². The van der Waals surface area contributed by atoms with Crippen molar-refractivity contribution in [3.05, 3.63) is 126 Å². The molecule has 0 unspecified atom stereocenters. The van der Waals surface area contributed by atoms with Gasteiger partial charge < -0.3 is 20.7 Å². The molecule has 0 aliphatic rings. The number of Topliss-reactive ketones (excluding diaryl/α,β-unsaturated/α-hetero) is 1. The fourth-order valence-electron chi connectivity index (χ4n) is 3.81. The summed E-state index contributed by atoms with van der Waals surface area (Å²) in [6.07, 6.45) is 1.58. The Balaban J connectivity index is 1.39. The van der Waals surface area contributed by atoms with Gasteiger partial charge in [-0.15, -0.1) is 11.8 Å². The summed E-state index contributed by atoms with van der Waals surface area (Å²) in [6.45, 7) is 1.49. The molecule has 0 fully saturated rings. The van der Waals surface area contributed by atoms with E-state index < -0.39 is 11.8 Å². The fourth-order valence-corrected chi connectivity index (χ4v) is 4.51. The highest BCUT2D eigenvalue weighted by Gasteiger charge is 2.15. The summed E-state index contributed by atoms with van der Waals surface area (Å²) in [5.74, 6) is -0.347. The number of anilines is 2. The normalized spacial score (nSPS) is 10.9. The van der Waals surface area contributed by atoms with Gasteiger partial charge in [-0.25, -0.2) is 0 Å². The second-order valence-corrected chi connectivity index (χ2v) is 10.2. The minimum Gasteiger partial charge on any atom is -0.497 e. The predicted molar refractivity (Wildman–Crippen MR) is 166 cm³/mol. The van der Waals surface area contributed by atoms with Gasteiger partial charge in [-0.1, -0.05) is 30.3 Å². The zero-order valence-electron chi connectivity index (χ0n) is 23.0. The summed E-state index contributed by atoms with van der Waals surface area (Å²) >= 11 is 1.34. The molecule has 3 N–H and O–H groups in total. The number of amides is 3. The van der Waals surface area contributed by atoms with E-state index in [-0.39, 0.29) is 23.1 Å². The molecule has 3 amide bonds. The smallest absolute Gasteiger partial charge is 0.272 e. The lowest BCUT2D eigenvalue weighted by Gasteiger charge is -2.12. The van der Waals surface area contributed by atoms with E-state index in [0.29, 0.717) is 33.8 Å². The molecule has 0 aliphatic carbocycles. The molecule has 0 spiro atoms. The molecule has 212 valence electrons. The van der Waals surface area contributed by atoms with Crippen molar-refractivity contribution in [2.24, 2.45) is 0 Å². The van der Waals surface area contributed by atoms with Crippen LogP contribution in [0.5, 0.6) is 5.75 Å². The lowest BCUT2D eigenvalue weighted by molar-refractivity contribution is -0.114. The first-order chi connectivity index (χ1) is 20.3. The van der Waals surface area contributed by atoms with Gasteiger partial charge in [0.2, 0.25) is 5.91 Å². The lowest BCUT2D eigenvalue weighted by Crippen LogP contribution is -2.30. The summed E-state index contributed by atoms with van der Waals surface area (Å²) < 4.78 is 5.28. The van der Waals surface area contributed by atoms with E-state index in [1.165, 1.54) is 18.7 Å². The second kappa shape index (κ2) is 14.5. The highest BCUT2D eigenvalue weighted by Crippen LogP contribution is 2.22. The molecule has 42 heavy (non-hydrogen) atoms. The van der Waals surface area contributed by atoms with Gasteiger partial charge in [-0.05, 0) is 91.4 Å². The Kier molecular flexibility index (Phi) is 10.3. The molecule has 0 saturated carbocycles. The molecule has 4 rings (SSSR count). The third-order valence-corrected chi connectivity index (χ3v) is 7.00. The standard InChI is InChI=1S/C33H29N3O5S/c1-22(37)24-11-13-26(14-12-24)34-31(38)21-42-29-17-15-27(16-18-29)35-33(40)30(20-23-7-6-10-28(19-23)41-2)36-32(39)25-8-4-3-5-9-25/h3-20H,21H2,1-2H3,(H,34,38)(H,35,40)(H,36,39)/b30-20-. The molecule has 0 radical (unpaired) electrons. The molecule has 4 aromatic rings. The Labute approximate surface area is 248 Å². The first-order valence-electron chi connectivity index (χ1n) is 13.0. The highest BCUT2D eigenvalue weighted by molar-refractivity contribution is 8.00. The predicted octanol–water partition coefficient (Wildman–Crippen LogP) is 6.04. The molecule has 8 nitrogen and oxygen atoms in total. The van der Waals surface area contributed by atoms with Gasteiger partial charge in [0, 0.05) is 27.4 Å². The zero-order chi connectivity index (χ0) is 29.9. The second-order valence-electron chi connectivity index (χ2n) is 9.10. The fraction of sp³-hybridized carbons (Fsp3) is 0.0909. The zero-order valence-corrected chi connectivity index (χ0v) is 23.9. The number of methoxy groups -OCH3 is 1. The van der Waals surface area contributed by atoms with Crippen LogP contribution < -0.4 is 20.7 Å². The Hall–Kier alpha value is -5.15. The third kappa shape index (κ3) is 8.67. The third-order valence-electron chi connectivity index (χ3n) is 5.99. The number of ketones is 1. The minimum atomic E-state index is -0.502. The minimum absolute atomic E-state index is 0.0379. The maximum atomic E-state index is 13.3. The molecule has 0 atom stereocenters. The van der Waals surface area contributed by atoms with Crippen molar-refractivity contribution in [3.63, 3.8) is 0 Å². The summed E-state index contributed by atoms with van der Waals surface area (Å²) in [7, 11) is 1.55. The first-order valence-corrected chi connectivity index (χ1v) is 14.0. The number of nitrogens with one attached hydrogen (secondary N) is 3. The van der Waals surface area contributed by atoms with Crippen LogP contribution in [0.2, 0.25) is 0 Å². The Bertz CT molecular complexity index is 1600. The number of thioether (sulfide) groups is 1. The average molecular weight is 580 g/mol. The van der Waals surface area contributed by atoms with Crippen LogP contribution in [-0.4, -0.2) is 36.4 Å². The average Bonchev–Trinajstić information content (AvgIpc) is 3.01. The van der Waals surface area contributed by atoms with E-state index in [1.807, 2.05) is 0 Å². The molecule has 0 saturated heterocycles. The van der Waals surface area contributed by atoms with Gasteiger partial charge in [0.05, 0.1) is 12.9 Å². The Morgan fingerprint density at radius 2 is 1.43 bits per heavy atom. The number of hydrogen-bond donors (Lipinski definition) is 3. The quantitative estimate of drug-likeness (QED) is 0.113. The molecule has 9 heteroatoms. The van der Waals surface area contributed by atoms with Crippen molar-refractivity contribution >= 4 is 52.7 Å². The van der Waals surface area contributed by atoms with Crippen LogP contribution in [0.25, 0.3) is 6.08 Å². The maximum absolute atomic E-state index is 13.3. The van der Waals surface area contributed by atoms with E-state index in [9.17, 15) is 19.2 Å². The molecule has 0 aliphatic heterocycles. The van der Waals surface area contributed by atoms with Crippen LogP contribution in [-0.2, 0) is 9.59 Å². The number of benzene rings is 4. The summed E-state index contributed by atoms with van der Waals surface area (Å²) in [5.41, 5.74) is 2.86. The number of rotatable bonds is 11. The van der Waals surface area contributed by atoms with Crippen LogP contribution in [0.15, 0.2) is 114 Å². The van der Waals surface area contributed by atoms with Crippen molar-refractivity contribution in [2.45, 2.75) is 11.8 Å². The maximum Gasteiger partial charge on any atom is 0.272 e. The first kappa shape index (κ1) is 29.8. The monoisotopic (exact) mass is 579 g/mol. The van der Waals surface area contributed by atoms with E-state index in [1.54, 1.807) is 116 Å². The van der Waals surface area contributed by atoms with Crippen LogP contribution in [0.3, 0.4) is 0 Å². The lowest BCUT2D eigenvalue weighted by atomic mass is 10.1. The van der Waals surface area contributed by atoms with Crippen LogP contribution in [0.1, 0.15) is 33.2 Å². The number of ether oxygens (including phenoxy) is 1. The largest absolute Gasteiger partial charge is 0.497 e. The highest BCUT2D eigenvalue weighted by atomic mass is 32.2. The van der Waals surface area contributed by atoms with Crippen molar-refractivity contribution in [2.75, 3.05) is 23.5 Å². The summed E-state index contributed by atoms with van der Waals surface area (Å²) in [6, 6.07) is 29.5. The van der Waals surface area contributed by atoms with Crippen molar-refractivity contribution in [1.82, 2.24) is 5.32 Å². The topological polar surface area (TPSA) is 114 Å². The Morgan fingerprint density at radius 1 is 0.762 bits per heavy atom. The van der Waals surface area contributed by atoms with E-state index >= 15 is 0 Å². The SMILES string of the molecule is COc1cccc(/C=C(\NC(=O)c2ccccc2)C(=O)Nc2ccc(SCC(=O)Nc3ccc(C(C)=O)cc3)cc2)c1. The molecular weight excluding hydrogens is 550 g/mol. The summed E-state index contributed by atoms with van der Waals surface area (Å²) in [5, 5.41) is 8.34. The van der Waals surface area contributed by atoms with Crippen LogP contribution in [0.4, 0.5) is 11.4 Å².